The van der Waals surface area contributed by atoms with Crippen molar-refractivity contribution in [3.8, 4) is 5.75 Å². The van der Waals surface area contributed by atoms with Crippen molar-refractivity contribution >= 4 is 11.7 Å². The van der Waals surface area contributed by atoms with Crippen LogP contribution in [-0.2, 0) is 11.2 Å². The van der Waals surface area contributed by atoms with E-state index < -0.39 is 0 Å². The van der Waals surface area contributed by atoms with Gasteiger partial charge in [0.25, 0.3) is 5.91 Å². The molecule has 4 heteroatoms. The molecule has 0 saturated carbocycles. The lowest BCUT2D eigenvalue weighted by Gasteiger charge is -2.13. The van der Waals surface area contributed by atoms with Gasteiger partial charge in [0.05, 0.1) is 0 Å². The standard InChI is InChI=1S/C27H33NO3/c1-20(2)10-15-26(22(4)29)21(3)17-19-31-25-13-11-23(12-14-25)16-18-28-27(30)24-8-6-5-7-9-24/h5-14,17,26H,15-16,18-19H2,1-4H3,(H,28,30)/b21-17+/t26-/m0/s1. The van der Waals surface area contributed by atoms with Gasteiger partial charge in [-0.1, -0.05) is 47.6 Å². The van der Waals surface area contributed by atoms with Crippen molar-refractivity contribution < 1.29 is 14.3 Å². The molecule has 1 amide bonds. The van der Waals surface area contributed by atoms with Crippen LogP contribution in [-0.4, -0.2) is 24.8 Å². The molecule has 2 aromatic rings. The molecular formula is C27H33NO3. The molecule has 0 aromatic heterocycles. The number of rotatable bonds is 11. The van der Waals surface area contributed by atoms with Crippen molar-refractivity contribution in [3.63, 3.8) is 0 Å². The number of carbonyl (C=O) groups is 2. The summed E-state index contributed by atoms with van der Waals surface area (Å²) in [6.45, 7) is 8.72. The minimum Gasteiger partial charge on any atom is -0.490 e. The van der Waals surface area contributed by atoms with Gasteiger partial charge in [0.1, 0.15) is 18.1 Å². The molecule has 0 bridgehead atoms. The molecule has 4 nitrogen and oxygen atoms in total. The van der Waals surface area contributed by atoms with Crippen LogP contribution in [0.5, 0.6) is 5.75 Å². The van der Waals surface area contributed by atoms with Crippen LogP contribution >= 0.6 is 0 Å². The maximum Gasteiger partial charge on any atom is 0.251 e. The highest BCUT2D eigenvalue weighted by Crippen LogP contribution is 2.19. The molecule has 2 aromatic carbocycles. The van der Waals surface area contributed by atoms with Gasteiger partial charge < -0.3 is 10.1 Å². The third-order valence-electron chi connectivity index (χ3n) is 5.12. The van der Waals surface area contributed by atoms with Crippen molar-refractivity contribution in [1.29, 1.82) is 0 Å². The molecule has 31 heavy (non-hydrogen) atoms. The van der Waals surface area contributed by atoms with E-state index in [0.717, 1.165) is 29.7 Å². The van der Waals surface area contributed by atoms with Gasteiger partial charge >= 0.3 is 0 Å². The largest absolute Gasteiger partial charge is 0.490 e. The van der Waals surface area contributed by atoms with Crippen LogP contribution in [0.1, 0.15) is 50.0 Å². The van der Waals surface area contributed by atoms with Crippen molar-refractivity contribution in [1.82, 2.24) is 5.32 Å². The average molecular weight is 420 g/mol. The molecule has 0 fully saturated rings. The van der Waals surface area contributed by atoms with Crippen molar-refractivity contribution in [2.45, 2.75) is 40.5 Å². The first-order valence-corrected chi connectivity index (χ1v) is 10.7. The molecule has 0 radical (unpaired) electrons. The lowest BCUT2D eigenvalue weighted by molar-refractivity contribution is -0.119. The molecule has 0 aliphatic rings. The summed E-state index contributed by atoms with van der Waals surface area (Å²) in [6.07, 6.45) is 5.57. The number of amides is 1. The molecule has 0 heterocycles. The first-order valence-electron chi connectivity index (χ1n) is 10.7. The SMILES string of the molecule is CC(=O)[C@@H](CC=C(C)C)/C(C)=C/COc1ccc(CCNC(=O)c2ccccc2)cc1. The van der Waals surface area contributed by atoms with Gasteiger partial charge in [-0.2, -0.15) is 0 Å². The van der Waals surface area contributed by atoms with Crippen LogP contribution in [0.15, 0.2) is 77.9 Å². The van der Waals surface area contributed by atoms with Crippen molar-refractivity contribution in [2.24, 2.45) is 5.92 Å². The number of ether oxygens (including phenoxy) is 1. The zero-order chi connectivity index (χ0) is 22.6. The molecule has 0 aliphatic heterocycles. The lowest BCUT2D eigenvalue weighted by atomic mass is 9.92. The first-order chi connectivity index (χ1) is 14.9. The highest BCUT2D eigenvalue weighted by molar-refractivity contribution is 5.94. The third kappa shape index (κ3) is 8.63. The molecule has 0 aliphatic carbocycles. The second-order valence-corrected chi connectivity index (χ2v) is 7.96. The summed E-state index contributed by atoms with van der Waals surface area (Å²) in [4.78, 5) is 24.0. The normalized spacial score (nSPS) is 12.1. The second kappa shape index (κ2) is 12.5. The second-order valence-electron chi connectivity index (χ2n) is 7.96. The van der Waals surface area contributed by atoms with Gasteiger partial charge in [0.15, 0.2) is 0 Å². The molecule has 1 atom stereocenters. The monoisotopic (exact) mass is 419 g/mol. The summed E-state index contributed by atoms with van der Waals surface area (Å²) in [5, 5.41) is 2.94. The number of ketones is 1. The summed E-state index contributed by atoms with van der Waals surface area (Å²) in [7, 11) is 0. The fraction of sp³-hybridized carbons (Fsp3) is 0.333. The van der Waals surface area contributed by atoms with E-state index >= 15 is 0 Å². The van der Waals surface area contributed by atoms with Crippen LogP contribution in [0.4, 0.5) is 0 Å². The number of Topliss-reactive ketones (excluding diaryl/α,β-unsaturated/α-hetero) is 1. The predicted octanol–water partition coefficient (Wildman–Crippen LogP) is 5.55. The number of hydrogen-bond donors (Lipinski definition) is 1. The van der Waals surface area contributed by atoms with Gasteiger partial charge in [0.2, 0.25) is 0 Å². The Kier molecular flexibility index (Phi) is 9.76. The third-order valence-corrected chi connectivity index (χ3v) is 5.12. The Morgan fingerprint density at radius 2 is 1.61 bits per heavy atom. The number of benzene rings is 2. The smallest absolute Gasteiger partial charge is 0.251 e. The summed E-state index contributed by atoms with van der Waals surface area (Å²) in [6, 6.07) is 17.1. The molecular weight excluding hydrogens is 386 g/mol. The quantitative estimate of drug-likeness (QED) is 0.486. The zero-order valence-electron chi connectivity index (χ0n) is 19.0. The molecule has 2 rings (SSSR count). The van der Waals surface area contributed by atoms with E-state index in [1.807, 2.05) is 69.3 Å². The molecule has 0 saturated heterocycles. The van der Waals surface area contributed by atoms with E-state index in [-0.39, 0.29) is 17.6 Å². The van der Waals surface area contributed by atoms with E-state index in [2.05, 4.69) is 11.4 Å². The van der Waals surface area contributed by atoms with E-state index in [9.17, 15) is 9.59 Å². The fourth-order valence-electron chi connectivity index (χ4n) is 3.20. The van der Waals surface area contributed by atoms with E-state index in [1.54, 1.807) is 19.1 Å². The van der Waals surface area contributed by atoms with Gasteiger partial charge in [-0.05, 0) is 76.4 Å². The molecule has 1 N–H and O–H groups in total. The Bertz CT molecular complexity index is 907. The van der Waals surface area contributed by atoms with Gasteiger partial charge in [0, 0.05) is 18.0 Å². The number of hydrogen-bond acceptors (Lipinski definition) is 3. The number of allylic oxidation sites excluding steroid dienone is 3. The van der Waals surface area contributed by atoms with Crippen molar-refractivity contribution in [3.05, 3.63) is 89.0 Å². The van der Waals surface area contributed by atoms with E-state index in [0.29, 0.717) is 18.7 Å². The van der Waals surface area contributed by atoms with Crippen LogP contribution in [0, 0.1) is 5.92 Å². The maximum atomic E-state index is 12.1. The zero-order valence-corrected chi connectivity index (χ0v) is 19.0. The van der Waals surface area contributed by atoms with Gasteiger partial charge in [-0.15, -0.1) is 0 Å². The van der Waals surface area contributed by atoms with Gasteiger partial charge in [-0.25, -0.2) is 0 Å². The highest BCUT2D eigenvalue weighted by Gasteiger charge is 2.14. The van der Waals surface area contributed by atoms with E-state index in [1.165, 1.54) is 5.57 Å². The van der Waals surface area contributed by atoms with Crippen LogP contribution < -0.4 is 10.1 Å². The summed E-state index contributed by atoms with van der Waals surface area (Å²) < 4.78 is 5.81. The molecule has 0 spiro atoms. The van der Waals surface area contributed by atoms with E-state index in [4.69, 9.17) is 4.74 Å². The molecule has 164 valence electrons. The number of carbonyl (C=O) groups excluding carboxylic acids is 2. The van der Waals surface area contributed by atoms with Gasteiger partial charge in [-0.3, -0.25) is 9.59 Å². The minimum absolute atomic E-state index is 0.0591. The Morgan fingerprint density at radius 3 is 2.23 bits per heavy atom. The predicted molar refractivity (Wildman–Crippen MR) is 126 cm³/mol. The number of nitrogens with one attached hydrogen (secondary N) is 1. The Morgan fingerprint density at radius 1 is 0.935 bits per heavy atom. The summed E-state index contributed by atoms with van der Waals surface area (Å²) in [5.41, 5.74) is 4.05. The Hall–Kier alpha value is -3.14. The van der Waals surface area contributed by atoms with Crippen LogP contribution in [0.25, 0.3) is 0 Å². The first kappa shape index (κ1) is 24.1. The fourth-order valence-corrected chi connectivity index (χ4v) is 3.20. The van der Waals surface area contributed by atoms with Crippen LogP contribution in [0.3, 0.4) is 0 Å². The average Bonchev–Trinajstić information content (AvgIpc) is 2.75. The molecule has 0 unspecified atom stereocenters. The lowest BCUT2D eigenvalue weighted by Crippen LogP contribution is -2.25. The Labute approximate surface area is 186 Å². The van der Waals surface area contributed by atoms with Crippen molar-refractivity contribution in [2.75, 3.05) is 13.2 Å². The Balaban J connectivity index is 1.80. The summed E-state index contributed by atoms with van der Waals surface area (Å²) >= 11 is 0. The highest BCUT2D eigenvalue weighted by atomic mass is 16.5. The minimum atomic E-state index is -0.0908. The maximum absolute atomic E-state index is 12.1. The summed E-state index contributed by atoms with van der Waals surface area (Å²) in [5.74, 6) is 0.808. The van der Waals surface area contributed by atoms with Crippen LogP contribution in [0.2, 0.25) is 0 Å². The topological polar surface area (TPSA) is 55.4 Å².